The van der Waals surface area contributed by atoms with Crippen molar-refractivity contribution in [1.29, 1.82) is 0 Å². The van der Waals surface area contributed by atoms with E-state index in [0.29, 0.717) is 19.6 Å². The highest BCUT2D eigenvalue weighted by Crippen LogP contribution is 2.40. The van der Waals surface area contributed by atoms with Gasteiger partial charge < -0.3 is 24.0 Å². The summed E-state index contributed by atoms with van der Waals surface area (Å²) >= 11 is 0. The molecule has 1 amide bonds. The van der Waals surface area contributed by atoms with Crippen LogP contribution < -0.4 is 19.1 Å². The van der Waals surface area contributed by atoms with Gasteiger partial charge in [-0.15, -0.1) is 0 Å². The van der Waals surface area contributed by atoms with Gasteiger partial charge in [-0.1, -0.05) is 6.92 Å². The zero-order valence-corrected chi connectivity index (χ0v) is 17.3. The second-order valence-corrected chi connectivity index (χ2v) is 7.51. The number of rotatable bonds is 5. The van der Waals surface area contributed by atoms with Crippen LogP contribution in [0.2, 0.25) is 0 Å². The molecule has 0 aliphatic carbocycles. The highest BCUT2D eigenvalue weighted by atomic mass is 16.5. The first-order valence-electron chi connectivity index (χ1n) is 10.2. The fourth-order valence-corrected chi connectivity index (χ4v) is 4.04. The molecule has 2 aliphatic rings. The third kappa shape index (κ3) is 3.97. The highest BCUT2D eigenvalue weighted by molar-refractivity contribution is 5.76. The first-order valence-corrected chi connectivity index (χ1v) is 10.2. The summed E-state index contributed by atoms with van der Waals surface area (Å²) in [5, 5.41) is 0. The number of carbonyl (C=O) groups is 1. The fraction of sp³-hybridized carbons (Fsp3) is 0.435. The quantitative estimate of drug-likeness (QED) is 0.767. The smallest absolute Gasteiger partial charge is 0.222 e. The fourth-order valence-electron chi connectivity index (χ4n) is 4.04. The van der Waals surface area contributed by atoms with Crippen LogP contribution >= 0.6 is 0 Å². The molecule has 1 atom stereocenters. The van der Waals surface area contributed by atoms with Crippen molar-refractivity contribution < 1.29 is 19.0 Å². The maximum Gasteiger partial charge on any atom is 0.222 e. The Bertz CT molecular complexity index is 898. The van der Waals surface area contributed by atoms with Gasteiger partial charge >= 0.3 is 0 Å². The van der Waals surface area contributed by atoms with Crippen LogP contribution in [0, 0.1) is 6.92 Å². The van der Waals surface area contributed by atoms with Crippen molar-refractivity contribution in [3.8, 4) is 17.2 Å². The molecule has 4 rings (SSSR count). The predicted molar refractivity (Wildman–Crippen MR) is 113 cm³/mol. The monoisotopic (exact) mass is 396 g/mol. The van der Waals surface area contributed by atoms with E-state index in [1.807, 2.05) is 43.0 Å². The second-order valence-electron chi connectivity index (χ2n) is 7.51. The number of carbonyl (C=O) groups excluding carboxylic acids is 1. The molecule has 2 heterocycles. The maximum absolute atomic E-state index is 11.9. The number of likely N-dealkylation sites (tertiary alicyclic amines) is 1. The Morgan fingerprint density at radius 1 is 1.21 bits per heavy atom. The largest absolute Gasteiger partial charge is 0.496 e. The van der Waals surface area contributed by atoms with E-state index in [1.165, 1.54) is 0 Å². The molecule has 0 saturated carbocycles. The van der Waals surface area contributed by atoms with Crippen LogP contribution in [0.25, 0.3) is 0 Å². The van der Waals surface area contributed by atoms with Crippen LogP contribution in [0.5, 0.6) is 17.2 Å². The number of ether oxygens (including phenoxy) is 3. The molecule has 2 aromatic rings. The van der Waals surface area contributed by atoms with E-state index < -0.39 is 0 Å². The van der Waals surface area contributed by atoms with Crippen molar-refractivity contribution in [3.63, 3.8) is 0 Å². The van der Waals surface area contributed by atoms with Crippen molar-refractivity contribution >= 4 is 17.3 Å². The van der Waals surface area contributed by atoms with Crippen LogP contribution in [-0.2, 0) is 4.79 Å². The molecule has 2 aliphatic heterocycles. The lowest BCUT2D eigenvalue weighted by Gasteiger charge is -2.32. The molecule has 0 bridgehead atoms. The van der Waals surface area contributed by atoms with Crippen LogP contribution in [0.4, 0.5) is 11.4 Å². The Hall–Kier alpha value is -2.89. The number of hydrogen-bond acceptors (Lipinski definition) is 5. The number of aryl methyl sites for hydroxylation is 1. The van der Waals surface area contributed by atoms with Crippen molar-refractivity contribution in [3.05, 3.63) is 42.0 Å². The molecule has 1 saturated heterocycles. The van der Waals surface area contributed by atoms with E-state index in [1.54, 1.807) is 7.11 Å². The lowest BCUT2D eigenvalue weighted by molar-refractivity contribution is -0.130. The van der Waals surface area contributed by atoms with Gasteiger partial charge in [0.05, 0.1) is 25.9 Å². The number of fused-ring (bicyclic) bond motifs is 1. The number of nitrogens with zero attached hydrogens (tertiary/aromatic N) is 2. The Balaban J connectivity index is 1.54. The van der Waals surface area contributed by atoms with Crippen LogP contribution in [0.1, 0.15) is 25.3 Å². The Morgan fingerprint density at radius 2 is 2.07 bits per heavy atom. The zero-order valence-electron chi connectivity index (χ0n) is 17.3. The molecule has 154 valence electrons. The van der Waals surface area contributed by atoms with Crippen molar-refractivity contribution in [2.45, 2.75) is 32.8 Å². The topological polar surface area (TPSA) is 51.2 Å². The van der Waals surface area contributed by atoms with Gasteiger partial charge in [-0.05, 0) is 42.8 Å². The van der Waals surface area contributed by atoms with Crippen LogP contribution in [0.3, 0.4) is 0 Å². The third-order valence-corrected chi connectivity index (χ3v) is 5.59. The molecule has 1 fully saturated rings. The molecule has 0 unspecified atom stereocenters. The average Bonchev–Trinajstić information content (AvgIpc) is 3.21. The van der Waals surface area contributed by atoms with E-state index in [4.69, 9.17) is 14.2 Å². The van der Waals surface area contributed by atoms with Gasteiger partial charge in [-0.3, -0.25) is 4.79 Å². The van der Waals surface area contributed by atoms with Gasteiger partial charge in [-0.2, -0.15) is 0 Å². The summed E-state index contributed by atoms with van der Waals surface area (Å²) in [6.45, 7) is 6.77. The summed E-state index contributed by atoms with van der Waals surface area (Å²) in [6.07, 6.45) is 1.43. The minimum Gasteiger partial charge on any atom is -0.496 e. The lowest BCUT2D eigenvalue weighted by atomic mass is 10.1. The number of benzene rings is 2. The molecule has 6 nitrogen and oxygen atoms in total. The second kappa shape index (κ2) is 8.23. The molecule has 2 aromatic carbocycles. The van der Waals surface area contributed by atoms with E-state index >= 15 is 0 Å². The minimum absolute atomic E-state index is 0.0322. The average molecular weight is 396 g/mol. The summed E-state index contributed by atoms with van der Waals surface area (Å²) in [6, 6.07) is 12.2. The van der Waals surface area contributed by atoms with E-state index in [0.717, 1.165) is 53.7 Å². The Labute approximate surface area is 172 Å². The molecule has 6 heteroatoms. The number of amides is 1. The first-order chi connectivity index (χ1) is 14.1. The lowest BCUT2D eigenvalue weighted by Crippen LogP contribution is -2.30. The molecular formula is C23H28N2O4. The van der Waals surface area contributed by atoms with Gasteiger partial charge in [0.2, 0.25) is 5.91 Å². The molecular weight excluding hydrogens is 368 g/mol. The number of hydrogen-bond donors (Lipinski definition) is 0. The normalized spacial score (nSPS) is 18.2. The molecule has 0 aromatic heterocycles. The third-order valence-electron chi connectivity index (χ3n) is 5.59. The summed E-state index contributed by atoms with van der Waals surface area (Å²) < 4.78 is 17.5. The van der Waals surface area contributed by atoms with Crippen LogP contribution in [0.15, 0.2) is 36.4 Å². The van der Waals surface area contributed by atoms with Gasteiger partial charge in [0.25, 0.3) is 0 Å². The van der Waals surface area contributed by atoms with Crippen molar-refractivity contribution in [1.82, 2.24) is 4.90 Å². The van der Waals surface area contributed by atoms with Crippen molar-refractivity contribution in [2.24, 2.45) is 0 Å². The van der Waals surface area contributed by atoms with Gasteiger partial charge in [-0.25, -0.2) is 0 Å². The first kappa shape index (κ1) is 19.4. The summed E-state index contributed by atoms with van der Waals surface area (Å²) in [4.78, 5) is 16.1. The number of anilines is 2. The minimum atomic E-state index is 0.0322. The summed E-state index contributed by atoms with van der Waals surface area (Å²) in [5.74, 6) is 2.73. The van der Waals surface area contributed by atoms with Crippen LogP contribution in [-0.4, -0.2) is 50.3 Å². The summed E-state index contributed by atoms with van der Waals surface area (Å²) in [7, 11) is 1.69. The maximum atomic E-state index is 11.9. The molecule has 0 radical (unpaired) electrons. The molecule has 0 N–H and O–H groups in total. The standard InChI is InChI=1S/C23H28N2O4/c1-4-23(26)24-10-9-19(15-24)29-18-6-8-22-20(14-18)25(11-12-28-22)17-5-7-21(27-3)16(2)13-17/h5-8,13-14,19H,4,9-12,15H2,1-3H3/t19-/m0/s1. The van der Waals surface area contributed by atoms with E-state index in [9.17, 15) is 4.79 Å². The van der Waals surface area contributed by atoms with E-state index in [-0.39, 0.29) is 12.0 Å². The van der Waals surface area contributed by atoms with Gasteiger partial charge in [0.15, 0.2) is 0 Å². The molecule has 0 spiro atoms. The number of methoxy groups -OCH3 is 1. The SMILES string of the molecule is CCC(=O)N1CC[C@H](Oc2ccc3c(c2)N(c2ccc(OC)c(C)c2)CCO3)C1. The predicted octanol–water partition coefficient (Wildman–Crippen LogP) is 3.92. The van der Waals surface area contributed by atoms with Gasteiger partial charge in [0.1, 0.15) is 30.0 Å². The van der Waals surface area contributed by atoms with E-state index in [2.05, 4.69) is 17.0 Å². The summed E-state index contributed by atoms with van der Waals surface area (Å²) in [5.41, 5.74) is 3.19. The zero-order chi connectivity index (χ0) is 20.4. The Morgan fingerprint density at radius 3 is 2.83 bits per heavy atom. The Kier molecular flexibility index (Phi) is 5.51. The molecule has 29 heavy (non-hydrogen) atoms. The van der Waals surface area contributed by atoms with Gasteiger partial charge in [0, 0.05) is 31.1 Å². The van der Waals surface area contributed by atoms with Crippen molar-refractivity contribution in [2.75, 3.05) is 38.3 Å². The highest BCUT2D eigenvalue weighted by Gasteiger charge is 2.27.